The van der Waals surface area contributed by atoms with Gasteiger partial charge in [0.1, 0.15) is 5.82 Å². The summed E-state index contributed by atoms with van der Waals surface area (Å²) in [6.45, 7) is 4.01. The molecule has 3 aromatic rings. The van der Waals surface area contributed by atoms with Gasteiger partial charge in [0.25, 0.3) is 0 Å². The van der Waals surface area contributed by atoms with Gasteiger partial charge in [-0.1, -0.05) is 18.2 Å². The molecule has 1 N–H and O–H groups in total. The summed E-state index contributed by atoms with van der Waals surface area (Å²) >= 11 is 0. The third kappa shape index (κ3) is 3.20. The zero-order valence-electron chi connectivity index (χ0n) is 14.2. The smallest absolute Gasteiger partial charge is 0.132 e. The third-order valence-corrected chi connectivity index (χ3v) is 4.97. The van der Waals surface area contributed by atoms with Crippen LogP contribution in [-0.2, 0) is 19.4 Å². The fourth-order valence-electron chi connectivity index (χ4n) is 3.56. The van der Waals surface area contributed by atoms with Gasteiger partial charge >= 0.3 is 0 Å². The molecule has 0 aliphatic carbocycles. The zero-order chi connectivity index (χ0) is 17.2. The van der Waals surface area contributed by atoms with E-state index in [0.29, 0.717) is 11.6 Å². The molecule has 25 heavy (non-hydrogen) atoms. The highest BCUT2D eigenvalue weighted by molar-refractivity contribution is 5.65. The molecule has 1 aromatic carbocycles. The quantitative estimate of drug-likeness (QED) is 0.792. The average molecular weight is 336 g/mol. The van der Waals surface area contributed by atoms with E-state index in [2.05, 4.69) is 33.1 Å². The number of benzene rings is 1. The number of hydrogen-bond acceptors (Lipinski definition) is 3. The van der Waals surface area contributed by atoms with Crippen LogP contribution in [0.15, 0.2) is 48.8 Å². The highest BCUT2D eigenvalue weighted by Crippen LogP contribution is 2.30. The summed E-state index contributed by atoms with van der Waals surface area (Å²) in [6, 6.07) is 11.3. The molecule has 1 atom stereocenters. The topological polar surface area (TPSA) is 44.8 Å². The molecule has 0 fully saturated rings. The lowest BCUT2D eigenvalue weighted by Crippen LogP contribution is -2.38. The van der Waals surface area contributed by atoms with Crippen molar-refractivity contribution in [3.05, 3.63) is 71.4 Å². The number of fused-ring (bicyclic) bond motifs is 1. The summed E-state index contributed by atoms with van der Waals surface area (Å²) in [7, 11) is 0. The SMILES string of the molecule is CC(Cc1cccnc1)N1CCc2[nH]nc(-c3ccccc3F)c2C1. The minimum atomic E-state index is -0.225. The Morgan fingerprint density at radius 3 is 2.92 bits per heavy atom. The van der Waals surface area contributed by atoms with Crippen molar-refractivity contribution in [3.8, 4) is 11.3 Å². The van der Waals surface area contributed by atoms with Crippen LogP contribution in [0.4, 0.5) is 4.39 Å². The molecule has 0 saturated heterocycles. The van der Waals surface area contributed by atoms with Gasteiger partial charge in [-0.25, -0.2) is 4.39 Å². The molecule has 1 aliphatic heterocycles. The standard InChI is InChI=1S/C20H21FN4/c1-14(11-15-5-4-9-22-12-15)25-10-8-19-17(13-25)20(24-23-19)16-6-2-3-7-18(16)21/h2-7,9,12,14H,8,10-11,13H2,1H3,(H,23,24). The summed E-state index contributed by atoms with van der Waals surface area (Å²) in [4.78, 5) is 6.64. The van der Waals surface area contributed by atoms with Gasteiger partial charge in [0.05, 0.1) is 5.69 Å². The lowest BCUT2D eigenvalue weighted by Gasteiger charge is -2.32. The third-order valence-electron chi connectivity index (χ3n) is 4.97. The van der Waals surface area contributed by atoms with Gasteiger partial charge in [0.15, 0.2) is 0 Å². The number of aromatic amines is 1. The molecule has 0 bridgehead atoms. The average Bonchev–Trinajstić information content (AvgIpc) is 3.06. The summed E-state index contributed by atoms with van der Waals surface area (Å²) in [6.07, 6.45) is 5.59. The van der Waals surface area contributed by atoms with Crippen molar-refractivity contribution in [1.29, 1.82) is 0 Å². The number of rotatable bonds is 4. The largest absolute Gasteiger partial charge is 0.296 e. The molecule has 0 amide bonds. The molecule has 0 radical (unpaired) electrons. The molecular formula is C20H21FN4. The van der Waals surface area contributed by atoms with Crippen molar-refractivity contribution in [2.75, 3.05) is 6.54 Å². The fraction of sp³-hybridized carbons (Fsp3) is 0.300. The predicted octanol–water partition coefficient (Wildman–Crippen LogP) is 3.60. The number of aromatic nitrogens is 3. The summed E-state index contributed by atoms with van der Waals surface area (Å²) in [5, 5.41) is 7.51. The van der Waals surface area contributed by atoms with Crippen molar-refractivity contribution in [2.45, 2.75) is 32.4 Å². The van der Waals surface area contributed by atoms with E-state index in [4.69, 9.17) is 0 Å². The number of halogens is 1. The lowest BCUT2D eigenvalue weighted by atomic mass is 9.98. The zero-order valence-corrected chi connectivity index (χ0v) is 14.2. The van der Waals surface area contributed by atoms with E-state index in [1.165, 1.54) is 11.6 Å². The van der Waals surface area contributed by atoms with Crippen LogP contribution in [0.5, 0.6) is 0 Å². The minimum absolute atomic E-state index is 0.225. The van der Waals surface area contributed by atoms with Crippen molar-refractivity contribution in [3.63, 3.8) is 0 Å². The first-order chi connectivity index (χ1) is 12.2. The normalized spacial score (nSPS) is 15.8. The van der Waals surface area contributed by atoms with Crippen molar-refractivity contribution >= 4 is 0 Å². The van der Waals surface area contributed by atoms with Crippen molar-refractivity contribution in [1.82, 2.24) is 20.1 Å². The van der Waals surface area contributed by atoms with Gasteiger partial charge in [-0.05, 0) is 37.1 Å². The number of nitrogens with one attached hydrogen (secondary N) is 1. The fourth-order valence-corrected chi connectivity index (χ4v) is 3.56. The van der Waals surface area contributed by atoms with Gasteiger partial charge in [-0.2, -0.15) is 5.10 Å². The van der Waals surface area contributed by atoms with E-state index in [1.54, 1.807) is 18.3 Å². The predicted molar refractivity (Wildman–Crippen MR) is 95.5 cm³/mol. The second-order valence-corrected chi connectivity index (χ2v) is 6.64. The summed E-state index contributed by atoms with van der Waals surface area (Å²) in [5.74, 6) is -0.225. The van der Waals surface area contributed by atoms with E-state index < -0.39 is 0 Å². The Morgan fingerprint density at radius 1 is 1.24 bits per heavy atom. The monoisotopic (exact) mass is 336 g/mol. The van der Waals surface area contributed by atoms with E-state index >= 15 is 0 Å². The van der Waals surface area contributed by atoms with Crippen LogP contribution >= 0.6 is 0 Å². The number of hydrogen-bond donors (Lipinski definition) is 1. The number of H-pyrrole nitrogens is 1. The molecule has 2 aromatic heterocycles. The number of pyridine rings is 1. The molecule has 4 rings (SSSR count). The Hall–Kier alpha value is -2.53. The molecule has 3 heterocycles. The van der Waals surface area contributed by atoms with E-state index in [1.807, 2.05) is 18.3 Å². The van der Waals surface area contributed by atoms with Gasteiger partial charge in [-0.15, -0.1) is 0 Å². The van der Waals surface area contributed by atoms with Crippen LogP contribution in [0.25, 0.3) is 11.3 Å². The lowest BCUT2D eigenvalue weighted by molar-refractivity contribution is 0.189. The molecule has 4 nitrogen and oxygen atoms in total. The van der Waals surface area contributed by atoms with Gasteiger partial charge < -0.3 is 0 Å². The maximum atomic E-state index is 14.2. The minimum Gasteiger partial charge on any atom is -0.296 e. The summed E-state index contributed by atoms with van der Waals surface area (Å²) < 4.78 is 14.2. The Balaban J connectivity index is 1.57. The molecule has 0 spiro atoms. The molecule has 5 heteroatoms. The first-order valence-electron chi connectivity index (χ1n) is 8.66. The van der Waals surface area contributed by atoms with Gasteiger partial charge in [0, 0.05) is 54.8 Å². The van der Waals surface area contributed by atoms with Crippen molar-refractivity contribution < 1.29 is 4.39 Å². The maximum Gasteiger partial charge on any atom is 0.132 e. The van der Waals surface area contributed by atoms with Gasteiger partial charge in [0.2, 0.25) is 0 Å². The number of nitrogens with zero attached hydrogens (tertiary/aromatic N) is 3. The molecule has 0 saturated carbocycles. The van der Waals surface area contributed by atoms with Crippen LogP contribution in [0.2, 0.25) is 0 Å². The first-order valence-corrected chi connectivity index (χ1v) is 8.66. The molecule has 128 valence electrons. The Bertz CT molecular complexity index is 859. The van der Waals surface area contributed by atoms with Crippen molar-refractivity contribution in [2.24, 2.45) is 0 Å². The summed E-state index contributed by atoms with van der Waals surface area (Å²) in [5.41, 5.74) is 4.80. The molecular weight excluding hydrogens is 315 g/mol. The van der Waals surface area contributed by atoms with Crippen LogP contribution in [0.3, 0.4) is 0 Å². The highest BCUT2D eigenvalue weighted by Gasteiger charge is 2.26. The second kappa shape index (κ2) is 6.76. The first kappa shape index (κ1) is 16.0. The van der Waals surface area contributed by atoms with Gasteiger partial charge in [-0.3, -0.25) is 15.0 Å². The Morgan fingerprint density at radius 2 is 2.12 bits per heavy atom. The molecule has 1 aliphatic rings. The van der Waals surface area contributed by atoms with E-state index in [0.717, 1.165) is 42.9 Å². The van der Waals surface area contributed by atoms with Crippen LogP contribution in [0.1, 0.15) is 23.7 Å². The van der Waals surface area contributed by atoms with Crippen LogP contribution in [-0.4, -0.2) is 32.7 Å². The highest BCUT2D eigenvalue weighted by atomic mass is 19.1. The van der Waals surface area contributed by atoms with E-state index in [9.17, 15) is 4.39 Å². The Kier molecular flexibility index (Phi) is 4.32. The Labute approximate surface area is 146 Å². The van der Waals surface area contributed by atoms with Crippen LogP contribution < -0.4 is 0 Å². The second-order valence-electron chi connectivity index (χ2n) is 6.64. The van der Waals surface area contributed by atoms with Crippen LogP contribution in [0, 0.1) is 5.82 Å². The van der Waals surface area contributed by atoms with E-state index in [-0.39, 0.29) is 5.82 Å². The molecule has 1 unspecified atom stereocenters. The maximum absolute atomic E-state index is 14.2.